The van der Waals surface area contributed by atoms with E-state index < -0.39 is 45.4 Å². The summed E-state index contributed by atoms with van der Waals surface area (Å²) in [6.45, 7) is 2.43. The lowest BCUT2D eigenvalue weighted by molar-refractivity contribution is -0.141. The fourth-order valence-corrected chi connectivity index (χ4v) is 4.71. The van der Waals surface area contributed by atoms with Crippen LogP contribution in [0.1, 0.15) is 46.6 Å². The quantitative estimate of drug-likeness (QED) is 0.529. The predicted octanol–water partition coefficient (Wildman–Crippen LogP) is 5.63. The molecule has 2 N–H and O–H groups in total. The number of benzene rings is 1. The van der Waals surface area contributed by atoms with Gasteiger partial charge < -0.3 is 10.2 Å². The van der Waals surface area contributed by atoms with Gasteiger partial charge in [0.1, 0.15) is 5.69 Å². The van der Waals surface area contributed by atoms with Crippen LogP contribution < -0.4 is 10.2 Å². The number of hydrogen-bond donors (Lipinski definition) is 2. The third-order valence-electron chi connectivity index (χ3n) is 5.66. The molecule has 1 aromatic heterocycles. The normalized spacial score (nSPS) is 18.2. The Morgan fingerprint density at radius 3 is 2.50 bits per heavy atom. The maximum atomic E-state index is 13.9. The number of aryl methyl sites for hydroxylation is 1. The predicted molar refractivity (Wildman–Crippen MR) is 119 cm³/mol. The molecule has 1 atom stereocenters. The van der Waals surface area contributed by atoms with Gasteiger partial charge in [0, 0.05) is 42.8 Å². The van der Waals surface area contributed by atoms with Crippen LogP contribution in [-0.2, 0) is 15.9 Å². The van der Waals surface area contributed by atoms with Gasteiger partial charge in [-0.2, -0.15) is 13.2 Å². The Morgan fingerprint density at radius 1 is 1.21 bits per heavy atom. The van der Waals surface area contributed by atoms with Crippen LogP contribution in [0.3, 0.4) is 0 Å². The number of aromatic nitrogens is 1. The van der Waals surface area contributed by atoms with Gasteiger partial charge in [-0.05, 0) is 44.0 Å². The standard InChI is InChI=1S/C22H25F5N4O2S/c1-13-17(20(32)30-15-6-4-7-16(12-15)34(3,28)33)18(14(2)29-19(13)22(25,26)27)31-10-5-8-21(23,24)9-11-31/h4,6-7,12,28H,5,8-11H2,1-3H3,(H,30,32). The second kappa shape index (κ2) is 9.12. The summed E-state index contributed by atoms with van der Waals surface area (Å²) >= 11 is 0. The largest absolute Gasteiger partial charge is 0.433 e. The van der Waals surface area contributed by atoms with E-state index in [4.69, 9.17) is 4.78 Å². The fraction of sp³-hybridized carbons (Fsp3) is 0.455. The van der Waals surface area contributed by atoms with Crippen molar-refractivity contribution < 1.29 is 31.0 Å². The van der Waals surface area contributed by atoms with Crippen LogP contribution in [0.4, 0.5) is 33.3 Å². The molecule has 1 fully saturated rings. The van der Waals surface area contributed by atoms with Gasteiger partial charge in [-0.25, -0.2) is 22.8 Å². The molecule has 1 aliphatic heterocycles. The number of carbonyl (C=O) groups is 1. The van der Waals surface area contributed by atoms with E-state index in [1.165, 1.54) is 42.3 Å². The summed E-state index contributed by atoms with van der Waals surface area (Å²) in [4.78, 5) is 18.6. The second-order valence-electron chi connectivity index (χ2n) is 8.41. The zero-order chi connectivity index (χ0) is 25.5. The molecule has 1 aromatic carbocycles. The number of pyridine rings is 1. The maximum Gasteiger partial charge on any atom is 0.433 e. The molecule has 0 spiro atoms. The number of rotatable bonds is 4. The van der Waals surface area contributed by atoms with E-state index in [1.807, 2.05) is 0 Å². The number of nitrogens with one attached hydrogen (secondary N) is 2. The van der Waals surface area contributed by atoms with Crippen molar-refractivity contribution in [2.24, 2.45) is 0 Å². The highest BCUT2D eigenvalue weighted by molar-refractivity contribution is 7.91. The minimum absolute atomic E-state index is 0.0802. The van der Waals surface area contributed by atoms with E-state index in [9.17, 15) is 31.0 Å². The highest BCUT2D eigenvalue weighted by atomic mass is 32.2. The molecule has 1 amide bonds. The van der Waals surface area contributed by atoms with Gasteiger partial charge in [-0.1, -0.05) is 6.07 Å². The molecule has 0 saturated carbocycles. The fourth-order valence-electron chi connectivity index (χ4n) is 4.02. The van der Waals surface area contributed by atoms with E-state index in [0.29, 0.717) is 0 Å². The molecule has 0 radical (unpaired) electrons. The Kier molecular flexibility index (Phi) is 6.94. The van der Waals surface area contributed by atoms with Crippen LogP contribution in [0.25, 0.3) is 0 Å². The molecule has 2 aromatic rings. The van der Waals surface area contributed by atoms with Crippen LogP contribution in [0.2, 0.25) is 0 Å². The Balaban J connectivity index is 2.12. The number of hydrogen-bond acceptors (Lipinski definition) is 5. The lowest BCUT2D eigenvalue weighted by Crippen LogP contribution is -2.31. The van der Waals surface area contributed by atoms with Gasteiger partial charge >= 0.3 is 6.18 Å². The molecule has 1 unspecified atom stereocenters. The summed E-state index contributed by atoms with van der Waals surface area (Å²) in [5, 5.41) is 2.51. The van der Waals surface area contributed by atoms with Gasteiger partial charge in [0.15, 0.2) is 0 Å². The van der Waals surface area contributed by atoms with Crippen molar-refractivity contribution in [1.82, 2.24) is 4.98 Å². The lowest BCUT2D eigenvalue weighted by Gasteiger charge is -2.29. The zero-order valence-corrected chi connectivity index (χ0v) is 19.7. The Bertz CT molecular complexity index is 1210. The lowest BCUT2D eigenvalue weighted by atomic mass is 10.0. The van der Waals surface area contributed by atoms with Crippen molar-refractivity contribution in [1.29, 1.82) is 4.78 Å². The average Bonchev–Trinajstić information content (AvgIpc) is 2.88. The van der Waals surface area contributed by atoms with E-state index in [0.717, 1.165) is 6.92 Å². The Hall–Kier alpha value is -2.76. The van der Waals surface area contributed by atoms with Crippen molar-refractivity contribution in [2.75, 3.05) is 29.6 Å². The number of carbonyl (C=O) groups excluding carboxylic acids is 1. The molecule has 6 nitrogen and oxygen atoms in total. The molecule has 2 heterocycles. The third kappa shape index (κ3) is 5.65. The number of amides is 1. The van der Waals surface area contributed by atoms with Crippen molar-refractivity contribution in [3.8, 4) is 0 Å². The number of halogens is 5. The molecule has 1 saturated heterocycles. The van der Waals surface area contributed by atoms with Crippen LogP contribution in [0.15, 0.2) is 29.2 Å². The first-order valence-electron chi connectivity index (χ1n) is 10.5. The van der Waals surface area contributed by atoms with E-state index in [2.05, 4.69) is 10.3 Å². The number of alkyl halides is 5. The first kappa shape index (κ1) is 25.9. The van der Waals surface area contributed by atoms with Crippen LogP contribution in [0, 0.1) is 18.6 Å². The molecular weight excluding hydrogens is 479 g/mol. The highest BCUT2D eigenvalue weighted by Gasteiger charge is 2.39. The Morgan fingerprint density at radius 2 is 1.88 bits per heavy atom. The summed E-state index contributed by atoms with van der Waals surface area (Å²) in [5.41, 5.74) is -1.83. The summed E-state index contributed by atoms with van der Waals surface area (Å²) < 4.78 is 88.6. The number of anilines is 2. The zero-order valence-electron chi connectivity index (χ0n) is 18.9. The van der Waals surface area contributed by atoms with E-state index in [-0.39, 0.29) is 53.5 Å². The minimum Gasteiger partial charge on any atom is -0.369 e. The summed E-state index contributed by atoms with van der Waals surface area (Å²) in [5.74, 6) is -3.78. The molecule has 34 heavy (non-hydrogen) atoms. The molecule has 1 aliphatic rings. The highest BCUT2D eigenvalue weighted by Crippen LogP contribution is 2.39. The SMILES string of the molecule is Cc1nc(C(F)(F)F)c(C)c(C(=O)Nc2cccc(S(C)(=N)=O)c2)c1N1CCCC(F)(F)CC1. The summed E-state index contributed by atoms with van der Waals surface area (Å²) in [7, 11) is -3.10. The van der Waals surface area contributed by atoms with Crippen LogP contribution in [0.5, 0.6) is 0 Å². The van der Waals surface area contributed by atoms with Gasteiger partial charge in [-0.15, -0.1) is 0 Å². The maximum absolute atomic E-state index is 13.9. The topological polar surface area (TPSA) is 86.1 Å². The Labute approximate surface area is 194 Å². The molecule has 0 aliphatic carbocycles. The van der Waals surface area contributed by atoms with E-state index >= 15 is 0 Å². The number of nitrogens with zero attached hydrogens (tertiary/aromatic N) is 2. The summed E-state index contributed by atoms with van der Waals surface area (Å²) in [6.07, 6.45) is -4.37. The van der Waals surface area contributed by atoms with E-state index in [1.54, 1.807) is 0 Å². The van der Waals surface area contributed by atoms with Gasteiger partial charge in [-0.3, -0.25) is 4.79 Å². The van der Waals surface area contributed by atoms with Gasteiger partial charge in [0.05, 0.1) is 26.7 Å². The van der Waals surface area contributed by atoms with Gasteiger partial charge in [0.2, 0.25) is 5.92 Å². The molecule has 186 valence electrons. The van der Waals surface area contributed by atoms with Gasteiger partial charge in [0.25, 0.3) is 5.91 Å². The third-order valence-corrected chi connectivity index (χ3v) is 6.81. The molecular formula is C22H25F5N4O2S. The van der Waals surface area contributed by atoms with Crippen LogP contribution in [-0.4, -0.2) is 40.4 Å². The average molecular weight is 505 g/mol. The van der Waals surface area contributed by atoms with Crippen molar-refractivity contribution in [2.45, 2.75) is 50.1 Å². The molecule has 3 rings (SSSR count). The minimum atomic E-state index is -4.83. The molecule has 0 bridgehead atoms. The van der Waals surface area contributed by atoms with Crippen LogP contribution >= 0.6 is 0 Å². The van der Waals surface area contributed by atoms with Crippen molar-refractivity contribution in [3.63, 3.8) is 0 Å². The van der Waals surface area contributed by atoms with Crippen molar-refractivity contribution in [3.05, 3.63) is 46.8 Å². The molecule has 12 heteroatoms. The van der Waals surface area contributed by atoms with Crippen molar-refractivity contribution >= 4 is 27.0 Å². The smallest absolute Gasteiger partial charge is 0.369 e. The second-order valence-corrected chi connectivity index (χ2v) is 10.6. The first-order chi connectivity index (χ1) is 15.6. The first-order valence-corrected chi connectivity index (χ1v) is 12.4. The monoisotopic (exact) mass is 504 g/mol. The summed E-state index contributed by atoms with van der Waals surface area (Å²) in [6, 6.07) is 5.67.